The van der Waals surface area contributed by atoms with Crippen molar-refractivity contribution in [3.05, 3.63) is 38.2 Å². The molecule has 2 heterocycles. The van der Waals surface area contributed by atoms with Gasteiger partial charge in [0.2, 0.25) is 0 Å². The van der Waals surface area contributed by atoms with E-state index in [4.69, 9.17) is 4.42 Å². The number of aryl methyl sites for hydroxylation is 1. The minimum absolute atomic E-state index is 0.0985. The third-order valence-electron chi connectivity index (χ3n) is 2.06. The highest BCUT2D eigenvalue weighted by atomic mass is 127. The summed E-state index contributed by atoms with van der Waals surface area (Å²) in [5.74, 6) is 0.561. The predicted molar refractivity (Wildman–Crippen MR) is 64.7 cm³/mol. The highest BCUT2D eigenvalue weighted by molar-refractivity contribution is 14.1. The average Bonchev–Trinajstić information content (AvgIpc) is 2.75. The summed E-state index contributed by atoms with van der Waals surface area (Å²) >= 11 is 2.01. The monoisotopic (exact) mass is 316 g/mol. The van der Waals surface area contributed by atoms with Gasteiger partial charge in [-0.15, -0.1) is 0 Å². The molecule has 0 saturated carbocycles. The van der Waals surface area contributed by atoms with Gasteiger partial charge in [-0.3, -0.25) is 4.79 Å². The number of nitrogens with one attached hydrogen (secondary N) is 1. The molecule has 5 heteroatoms. The lowest BCUT2D eigenvalue weighted by Gasteiger charge is -2.02. The zero-order valence-corrected chi connectivity index (χ0v) is 10.2. The van der Waals surface area contributed by atoms with Gasteiger partial charge in [-0.25, -0.2) is 4.98 Å². The Morgan fingerprint density at radius 1 is 1.60 bits per heavy atom. The maximum Gasteiger partial charge on any atom is 0.264 e. The molecule has 0 unspecified atom stereocenters. The summed E-state index contributed by atoms with van der Waals surface area (Å²) in [6.45, 7) is 1.98. The highest BCUT2D eigenvalue weighted by Crippen LogP contribution is 2.15. The molecular weight excluding hydrogens is 307 g/mol. The van der Waals surface area contributed by atoms with Crippen molar-refractivity contribution in [1.82, 2.24) is 9.97 Å². The number of furan rings is 1. The third-order valence-corrected chi connectivity index (χ3v) is 3.17. The number of aromatic amines is 1. The molecule has 0 bridgehead atoms. The van der Waals surface area contributed by atoms with Crippen LogP contribution in [-0.2, 0) is 6.42 Å². The van der Waals surface area contributed by atoms with E-state index in [0.29, 0.717) is 9.39 Å². The molecule has 0 aliphatic rings. The smallest absolute Gasteiger partial charge is 0.264 e. The van der Waals surface area contributed by atoms with E-state index in [1.54, 1.807) is 18.6 Å². The Balaban J connectivity index is 2.61. The molecule has 0 amide bonds. The van der Waals surface area contributed by atoms with E-state index in [1.807, 2.05) is 29.5 Å². The molecule has 2 aromatic heterocycles. The van der Waals surface area contributed by atoms with Gasteiger partial charge in [0.25, 0.3) is 5.56 Å². The third kappa shape index (κ3) is 1.97. The van der Waals surface area contributed by atoms with Crippen molar-refractivity contribution < 1.29 is 4.42 Å². The van der Waals surface area contributed by atoms with Crippen molar-refractivity contribution in [2.45, 2.75) is 13.3 Å². The van der Waals surface area contributed by atoms with Gasteiger partial charge < -0.3 is 9.40 Å². The van der Waals surface area contributed by atoms with E-state index in [2.05, 4.69) is 9.97 Å². The summed E-state index contributed by atoms with van der Waals surface area (Å²) in [7, 11) is 0. The van der Waals surface area contributed by atoms with Crippen LogP contribution in [0.2, 0.25) is 0 Å². The Morgan fingerprint density at radius 2 is 2.40 bits per heavy atom. The van der Waals surface area contributed by atoms with Gasteiger partial charge in [0.05, 0.1) is 21.1 Å². The quantitative estimate of drug-likeness (QED) is 0.864. The molecule has 0 aromatic carbocycles. The fraction of sp³-hybridized carbons (Fsp3) is 0.200. The Bertz CT molecular complexity index is 517. The molecule has 0 atom stereocenters. The molecular formula is C10H9IN2O2. The molecule has 4 nitrogen and oxygen atoms in total. The molecule has 1 N–H and O–H groups in total. The van der Waals surface area contributed by atoms with Crippen LogP contribution in [0.15, 0.2) is 27.8 Å². The second-order valence-corrected chi connectivity index (χ2v) is 4.12. The normalized spacial score (nSPS) is 10.5. The van der Waals surface area contributed by atoms with Crippen LogP contribution in [0.5, 0.6) is 0 Å². The number of aromatic nitrogens is 2. The van der Waals surface area contributed by atoms with Crippen molar-refractivity contribution in [3.8, 4) is 11.4 Å². The van der Waals surface area contributed by atoms with Gasteiger partial charge in [0.15, 0.2) is 0 Å². The maximum absolute atomic E-state index is 11.6. The summed E-state index contributed by atoms with van der Waals surface area (Å²) in [6.07, 6.45) is 3.86. The van der Waals surface area contributed by atoms with Crippen LogP contribution in [-0.4, -0.2) is 9.97 Å². The minimum atomic E-state index is -0.0985. The minimum Gasteiger partial charge on any atom is -0.472 e. The molecule has 0 aliphatic carbocycles. The molecule has 0 fully saturated rings. The van der Waals surface area contributed by atoms with Crippen LogP contribution >= 0.6 is 22.6 Å². The largest absolute Gasteiger partial charge is 0.472 e. The second-order valence-electron chi connectivity index (χ2n) is 3.04. The van der Waals surface area contributed by atoms with E-state index >= 15 is 0 Å². The summed E-state index contributed by atoms with van der Waals surface area (Å²) < 4.78 is 5.60. The average molecular weight is 316 g/mol. The fourth-order valence-corrected chi connectivity index (χ4v) is 1.91. The maximum atomic E-state index is 11.6. The number of rotatable bonds is 2. The highest BCUT2D eigenvalue weighted by Gasteiger charge is 2.09. The summed E-state index contributed by atoms with van der Waals surface area (Å²) in [4.78, 5) is 18.7. The second kappa shape index (κ2) is 4.18. The topological polar surface area (TPSA) is 58.9 Å². The standard InChI is InChI=1S/C10H9IN2O2/c1-2-7-8(11)10(14)13-9(12-7)6-3-4-15-5-6/h3-5H,2H2,1H3,(H,12,13,14). The van der Waals surface area contributed by atoms with E-state index < -0.39 is 0 Å². The number of nitrogens with zero attached hydrogens (tertiary/aromatic N) is 1. The molecule has 0 saturated heterocycles. The molecule has 0 radical (unpaired) electrons. The summed E-state index contributed by atoms with van der Waals surface area (Å²) in [5.41, 5.74) is 1.51. The Kier molecular flexibility index (Phi) is 2.90. The molecule has 78 valence electrons. The van der Waals surface area contributed by atoms with Crippen LogP contribution in [0.3, 0.4) is 0 Å². The van der Waals surface area contributed by atoms with E-state index in [-0.39, 0.29) is 5.56 Å². The number of hydrogen-bond donors (Lipinski definition) is 1. The predicted octanol–water partition coefficient (Wildman–Crippen LogP) is 2.20. The first kappa shape index (κ1) is 10.4. The molecule has 2 rings (SSSR count). The first-order chi connectivity index (χ1) is 7.22. The van der Waals surface area contributed by atoms with Crippen LogP contribution < -0.4 is 5.56 Å². The Hall–Kier alpha value is -1.11. The van der Waals surface area contributed by atoms with Gasteiger partial charge in [0.1, 0.15) is 12.1 Å². The number of hydrogen-bond acceptors (Lipinski definition) is 3. The van der Waals surface area contributed by atoms with Gasteiger partial charge in [-0.1, -0.05) is 6.92 Å². The summed E-state index contributed by atoms with van der Waals surface area (Å²) in [6, 6.07) is 1.77. The van der Waals surface area contributed by atoms with Crippen molar-refractivity contribution >= 4 is 22.6 Å². The van der Waals surface area contributed by atoms with Crippen LogP contribution in [0.4, 0.5) is 0 Å². The lowest BCUT2D eigenvalue weighted by molar-refractivity contribution is 0.568. The Morgan fingerprint density at radius 3 is 3.00 bits per heavy atom. The van der Waals surface area contributed by atoms with Crippen LogP contribution in [0.1, 0.15) is 12.6 Å². The zero-order valence-electron chi connectivity index (χ0n) is 8.08. The molecule has 15 heavy (non-hydrogen) atoms. The van der Waals surface area contributed by atoms with Crippen molar-refractivity contribution in [3.63, 3.8) is 0 Å². The summed E-state index contributed by atoms with van der Waals surface area (Å²) in [5, 5.41) is 0. The van der Waals surface area contributed by atoms with Gasteiger partial charge in [0, 0.05) is 0 Å². The number of H-pyrrole nitrogens is 1. The lowest BCUT2D eigenvalue weighted by Crippen LogP contribution is -2.15. The van der Waals surface area contributed by atoms with Gasteiger partial charge in [-0.05, 0) is 35.1 Å². The van der Waals surface area contributed by atoms with Gasteiger partial charge in [-0.2, -0.15) is 0 Å². The first-order valence-corrected chi connectivity index (χ1v) is 5.61. The molecule has 2 aromatic rings. The van der Waals surface area contributed by atoms with E-state index in [1.165, 1.54) is 0 Å². The fourth-order valence-electron chi connectivity index (χ4n) is 1.28. The molecule has 0 aliphatic heterocycles. The lowest BCUT2D eigenvalue weighted by atomic mass is 10.3. The van der Waals surface area contributed by atoms with E-state index in [0.717, 1.165) is 17.7 Å². The first-order valence-electron chi connectivity index (χ1n) is 4.53. The van der Waals surface area contributed by atoms with Crippen LogP contribution in [0.25, 0.3) is 11.4 Å². The SMILES string of the molecule is CCc1nc(-c2ccoc2)[nH]c(=O)c1I. The number of halogens is 1. The van der Waals surface area contributed by atoms with Crippen LogP contribution in [0, 0.1) is 3.57 Å². The Labute approximate surface area is 99.9 Å². The van der Waals surface area contributed by atoms with Gasteiger partial charge >= 0.3 is 0 Å². The van der Waals surface area contributed by atoms with Crippen molar-refractivity contribution in [1.29, 1.82) is 0 Å². The van der Waals surface area contributed by atoms with E-state index in [9.17, 15) is 4.79 Å². The molecule has 0 spiro atoms. The van der Waals surface area contributed by atoms with Crippen molar-refractivity contribution in [2.75, 3.05) is 0 Å². The van der Waals surface area contributed by atoms with Crippen molar-refractivity contribution in [2.24, 2.45) is 0 Å². The zero-order chi connectivity index (χ0) is 10.8.